The van der Waals surface area contributed by atoms with Crippen molar-refractivity contribution in [3.05, 3.63) is 64.4 Å². The van der Waals surface area contributed by atoms with Gasteiger partial charge >= 0.3 is 0 Å². The van der Waals surface area contributed by atoms with E-state index in [1.54, 1.807) is 43.5 Å². The number of H-pyrrole nitrogens is 1. The molecule has 0 spiro atoms. The van der Waals surface area contributed by atoms with Crippen LogP contribution in [-0.2, 0) is 6.61 Å². The zero-order valence-corrected chi connectivity index (χ0v) is 17.3. The third-order valence-electron chi connectivity index (χ3n) is 4.04. The van der Waals surface area contributed by atoms with Crippen molar-refractivity contribution in [1.29, 1.82) is 0 Å². The summed E-state index contributed by atoms with van der Waals surface area (Å²) in [5.41, 5.74) is 1.57. The number of aryl methyl sites for hydroxylation is 1. The molecule has 28 heavy (non-hydrogen) atoms. The van der Waals surface area contributed by atoms with Gasteiger partial charge in [0, 0.05) is 10.6 Å². The van der Waals surface area contributed by atoms with Gasteiger partial charge in [0.1, 0.15) is 18.1 Å². The number of rotatable bonds is 8. The molecule has 1 atom stereocenters. The van der Waals surface area contributed by atoms with Crippen LogP contribution in [0.4, 0.5) is 0 Å². The van der Waals surface area contributed by atoms with Crippen molar-refractivity contribution in [3.63, 3.8) is 0 Å². The van der Waals surface area contributed by atoms with Crippen LogP contribution in [0.15, 0.2) is 47.6 Å². The second-order valence-electron chi connectivity index (χ2n) is 6.12. The van der Waals surface area contributed by atoms with E-state index in [4.69, 9.17) is 21.1 Å². The molecule has 2 aromatic carbocycles. The van der Waals surface area contributed by atoms with Crippen LogP contribution in [0.5, 0.6) is 11.5 Å². The highest BCUT2D eigenvalue weighted by Gasteiger charge is 2.19. The minimum absolute atomic E-state index is 0.00638. The quantitative estimate of drug-likeness (QED) is 0.422. The maximum absolute atomic E-state index is 12.6. The first kappa shape index (κ1) is 20.2. The van der Waals surface area contributed by atoms with Crippen molar-refractivity contribution in [2.75, 3.05) is 7.11 Å². The highest BCUT2D eigenvalue weighted by atomic mass is 35.5. The smallest absolute Gasteiger partial charge is 0.209 e. The van der Waals surface area contributed by atoms with E-state index in [2.05, 4.69) is 15.2 Å². The van der Waals surface area contributed by atoms with E-state index < -0.39 is 0 Å². The predicted molar refractivity (Wildman–Crippen MR) is 110 cm³/mol. The second-order valence-corrected chi connectivity index (χ2v) is 7.83. The second kappa shape index (κ2) is 9.12. The lowest BCUT2D eigenvalue weighted by molar-refractivity contribution is 0.0994. The minimum Gasteiger partial charge on any atom is -0.497 e. The molecule has 1 aromatic heterocycles. The Morgan fingerprint density at radius 3 is 2.61 bits per heavy atom. The van der Waals surface area contributed by atoms with Crippen molar-refractivity contribution in [2.45, 2.75) is 30.9 Å². The molecule has 0 radical (unpaired) electrons. The number of methoxy groups -OCH3 is 1. The summed E-state index contributed by atoms with van der Waals surface area (Å²) >= 11 is 7.31. The van der Waals surface area contributed by atoms with Gasteiger partial charge in [0.05, 0.1) is 12.4 Å². The number of carbonyl (C=O) groups excluding carboxylic acids is 1. The van der Waals surface area contributed by atoms with Gasteiger partial charge in [-0.25, -0.2) is 4.98 Å². The van der Waals surface area contributed by atoms with Crippen LogP contribution in [0.3, 0.4) is 0 Å². The van der Waals surface area contributed by atoms with E-state index in [1.165, 1.54) is 11.8 Å². The van der Waals surface area contributed by atoms with Gasteiger partial charge in [0.25, 0.3) is 0 Å². The number of carbonyl (C=O) groups is 1. The summed E-state index contributed by atoms with van der Waals surface area (Å²) in [7, 11) is 1.59. The standard InChI is InChI=1S/C20H20ClN3O3S/c1-12-10-16(8-9-17(12)21)27-11-18-22-20(24-23-18)28-13(2)19(25)14-4-6-15(26-3)7-5-14/h4-10,13H,11H2,1-3H3,(H,22,23,24)/t13-/m0/s1. The molecule has 0 saturated heterocycles. The van der Waals surface area contributed by atoms with Gasteiger partial charge in [-0.2, -0.15) is 0 Å². The molecule has 3 aromatic rings. The van der Waals surface area contributed by atoms with Crippen molar-refractivity contribution in [3.8, 4) is 11.5 Å². The Morgan fingerprint density at radius 2 is 1.93 bits per heavy atom. The molecule has 0 aliphatic carbocycles. The number of aromatic nitrogens is 3. The number of nitrogens with zero attached hydrogens (tertiary/aromatic N) is 2. The summed E-state index contributed by atoms with van der Waals surface area (Å²) in [5, 5.41) is 7.87. The Labute approximate surface area is 172 Å². The normalized spacial score (nSPS) is 11.9. The Morgan fingerprint density at radius 1 is 1.21 bits per heavy atom. The lowest BCUT2D eigenvalue weighted by Gasteiger charge is -2.08. The van der Waals surface area contributed by atoms with Crippen LogP contribution in [-0.4, -0.2) is 33.3 Å². The lowest BCUT2D eigenvalue weighted by atomic mass is 10.1. The van der Waals surface area contributed by atoms with Crippen molar-refractivity contribution in [2.24, 2.45) is 0 Å². The number of aromatic amines is 1. The van der Waals surface area contributed by atoms with Gasteiger partial charge in [-0.15, -0.1) is 5.10 Å². The SMILES string of the molecule is COc1ccc(C(=O)[C@H](C)Sc2n[nH]c(COc3ccc(Cl)c(C)c3)n2)cc1. The number of Topliss-reactive ketones (excluding diaryl/α,β-unsaturated/α-hetero) is 1. The fraction of sp³-hybridized carbons (Fsp3) is 0.250. The fourth-order valence-corrected chi connectivity index (χ4v) is 3.39. The maximum Gasteiger partial charge on any atom is 0.209 e. The molecule has 8 heteroatoms. The van der Waals surface area contributed by atoms with Crippen LogP contribution in [0, 0.1) is 6.92 Å². The van der Waals surface area contributed by atoms with Crippen molar-refractivity contribution >= 4 is 29.1 Å². The maximum atomic E-state index is 12.6. The molecule has 0 bridgehead atoms. The summed E-state index contributed by atoms with van der Waals surface area (Å²) in [6.45, 7) is 4.00. The number of hydrogen-bond acceptors (Lipinski definition) is 6. The molecular weight excluding hydrogens is 398 g/mol. The molecule has 1 heterocycles. The molecule has 3 rings (SSSR count). The number of thioether (sulfide) groups is 1. The molecule has 0 unspecified atom stereocenters. The monoisotopic (exact) mass is 417 g/mol. The molecule has 146 valence electrons. The lowest BCUT2D eigenvalue weighted by Crippen LogP contribution is -2.13. The first-order valence-corrected chi connectivity index (χ1v) is 9.87. The number of ether oxygens (including phenoxy) is 2. The molecule has 0 aliphatic rings. The van der Waals surface area contributed by atoms with Crippen LogP contribution >= 0.6 is 23.4 Å². The van der Waals surface area contributed by atoms with Gasteiger partial charge in [-0.1, -0.05) is 23.4 Å². The zero-order chi connectivity index (χ0) is 20.1. The Balaban J connectivity index is 1.57. The van der Waals surface area contributed by atoms with E-state index in [0.29, 0.717) is 33.1 Å². The highest BCUT2D eigenvalue weighted by molar-refractivity contribution is 8.00. The third-order valence-corrected chi connectivity index (χ3v) is 5.43. The molecule has 0 saturated carbocycles. The number of ketones is 1. The minimum atomic E-state index is -0.322. The Hall–Kier alpha value is -2.51. The first-order chi connectivity index (χ1) is 13.5. The molecule has 6 nitrogen and oxygen atoms in total. The number of benzene rings is 2. The first-order valence-electron chi connectivity index (χ1n) is 8.61. The number of hydrogen-bond donors (Lipinski definition) is 1. The average Bonchev–Trinajstić information content (AvgIpc) is 3.15. The van der Waals surface area contributed by atoms with Gasteiger partial charge in [-0.3, -0.25) is 9.89 Å². The summed E-state index contributed by atoms with van der Waals surface area (Å²) in [6.07, 6.45) is 0. The topological polar surface area (TPSA) is 77.1 Å². The van der Waals surface area contributed by atoms with E-state index in [-0.39, 0.29) is 17.6 Å². The molecular formula is C20H20ClN3O3S. The van der Waals surface area contributed by atoms with Gasteiger partial charge in [0.15, 0.2) is 11.6 Å². The zero-order valence-electron chi connectivity index (χ0n) is 15.7. The summed E-state index contributed by atoms with van der Waals surface area (Å²) < 4.78 is 10.8. The Kier molecular flexibility index (Phi) is 6.59. The molecule has 1 N–H and O–H groups in total. The number of nitrogens with one attached hydrogen (secondary N) is 1. The van der Waals surface area contributed by atoms with Crippen LogP contribution < -0.4 is 9.47 Å². The summed E-state index contributed by atoms with van der Waals surface area (Å²) in [4.78, 5) is 16.9. The van der Waals surface area contributed by atoms with Crippen molar-refractivity contribution < 1.29 is 14.3 Å². The summed E-state index contributed by atoms with van der Waals surface area (Å²) in [6, 6.07) is 12.5. The Bertz CT molecular complexity index is 960. The van der Waals surface area contributed by atoms with Gasteiger partial charge in [-0.05, 0) is 61.9 Å². The van der Waals surface area contributed by atoms with E-state index in [1.807, 2.05) is 19.9 Å². The average molecular weight is 418 g/mol. The predicted octanol–water partition coefficient (Wildman–Crippen LogP) is 4.72. The highest BCUT2D eigenvalue weighted by Crippen LogP contribution is 2.24. The van der Waals surface area contributed by atoms with E-state index in [0.717, 1.165) is 5.56 Å². The van der Waals surface area contributed by atoms with E-state index >= 15 is 0 Å². The van der Waals surface area contributed by atoms with Gasteiger partial charge in [0.2, 0.25) is 5.16 Å². The van der Waals surface area contributed by atoms with Crippen LogP contribution in [0.2, 0.25) is 5.02 Å². The molecule has 0 amide bonds. The fourth-order valence-electron chi connectivity index (χ4n) is 2.46. The summed E-state index contributed by atoms with van der Waals surface area (Å²) in [5.74, 6) is 2.01. The van der Waals surface area contributed by atoms with Crippen molar-refractivity contribution in [1.82, 2.24) is 15.2 Å². The molecule has 0 aliphatic heterocycles. The van der Waals surface area contributed by atoms with Gasteiger partial charge < -0.3 is 9.47 Å². The number of halogens is 1. The molecule has 0 fully saturated rings. The third kappa shape index (κ3) is 5.05. The van der Waals surface area contributed by atoms with Crippen LogP contribution in [0.25, 0.3) is 0 Å². The van der Waals surface area contributed by atoms with E-state index in [9.17, 15) is 4.79 Å². The largest absolute Gasteiger partial charge is 0.497 e. The van der Waals surface area contributed by atoms with Crippen LogP contribution in [0.1, 0.15) is 28.7 Å².